The average Bonchev–Trinajstić information content (AvgIpc) is 3.60. The van der Waals surface area contributed by atoms with Crippen molar-refractivity contribution in [1.82, 2.24) is 29.6 Å². The first-order valence-corrected chi connectivity index (χ1v) is 16.1. The molecule has 246 valence electrons. The van der Waals surface area contributed by atoms with Gasteiger partial charge in [0.2, 0.25) is 29.7 Å². The van der Waals surface area contributed by atoms with E-state index in [1.54, 1.807) is 0 Å². The third-order valence-electron chi connectivity index (χ3n) is 7.50. The molecule has 3 amide bonds. The molecule has 0 bridgehead atoms. The third kappa shape index (κ3) is 6.48. The third-order valence-corrected chi connectivity index (χ3v) is 9.38. The molecule has 2 aromatic heterocycles. The van der Waals surface area contributed by atoms with Gasteiger partial charge < -0.3 is 41.5 Å². The Hall–Kier alpha value is -4.72. The van der Waals surface area contributed by atoms with Crippen molar-refractivity contribution in [3.05, 3.63) is 28.9 Å². The Morgan fingerprint density at radius 3 is 2.85 bits per heavy atom. The van der Waals surface area contributed by atoms with Crippen LogP contribution in [0.1, 0.15) is 38.1 Å². The average molecular weight is 677 g/mol. The first-order valence-electron chi connectivity index (χ1n) is 14.2. The summed E-state index contributed by atoms with van der Waals surface area (Å²) in [5.41, 5.74) is 4.58. The molecular weight excluding hydrogens is 644 g/mol. The van der Waals surface area contributed by atoms with Crippen molar-refractivity contribution in [2.24, 2.45) is 5.16 Å². The molecule has 0 aromatic carbocycles. The number of thioether (sulfide) groups is 1. The Kier molecular flexibility index (Phi) is 9.47. The molecule has 20 heteroatoms. The van der Waals surface area contributed by atoms with Crippen molar-refractivity contribution in [3.63, 3.8) is 0 Å². The lowest BCUT2D eigenvalue weighted by Gasteiger charge is -2.50. The number of hydrogen-bond acceptors (Lipinski definition) is 14. The summed E-state index contributed by atoms with van der Waals surface area (Å²) in [5, 5.41) is 33.3. The minimum atomic E-state index is -1.80. The maximum atomic E-state index is 13.3. The number of carbonyl (C=O) groups excluding carboxylic acids is 4. The number of aryl methyl sites for hydroxylation is 1. The second kappa shape index (κ2) is 13.3. The maximum absolute atomic E-state index is 13.3. The van der Waals surface area contributed by atoms with Gasteiger partial charge in [-0.15, -0.1) is 21.1 Å². The second-order valence-corrected chi connectivity index (χ2v) is 13.0. The normalized spacial score (nSPS) is 19.4. The van der Waals surface area contributed by atoms with Crippen LogP contribution in [0.5, 0.6) is 0 Å². The number of aromatic nitrogens is 4. The van der Waals surface area contributed by atoms with Gasteiger partial charge >= 0.3 is 5.97 Å². The molecule has 1 fully saturated rings. The van der Waals surface area contributed by atoms with Gasteiger partial charge in [0, 0.05) is 35.9 Å². The number of aliphatic carboxylic acids is 2. The predicted octanol–water partition coefficient (Wildman–Crippen LogP) is -2.61. The van der Waals surface area contributed by atoms with Crippen molar-refractivity contribution in [3.8, 4) is 0 Å². The quantitative estimate of drug-likeness (QED) is 0.0344. The number of amides is 3. The van der Waals surface area contributed by atoms with E-state index in [2.05, 4.69) is 30.5 Å². The van der Waals surface area contributed by atoms with Crippen molar-refractivity contribution in [2.45, 2.75) is 63.2 Å². The second-order valence-electron chi connectivity index (χ2n) is 11.1. The number of anilines is 2. The molecule has 46 heavy (non-hydrogen) atoms. The lowest BCUT2D eigenvalue weighted by Crippen LogP contribution is -2.71. The highest BCUT2D eigenvalue weighted by molar-refractivity contribution is 8.00. The van der Waals surface area contributed by atoms with E-state index < -0.39 is 46.5 Å². The van der Waals surface area contributed by atoms with Gasteiger partial charge in [-0.25, -0.2) is 4.79 Å². The molecule has 0 aliphatic carbocycles. The molecule has 5 heterocycles. The van der Waals surface area contributed by atoms with Crippen LogP contribution in [0, 0.1) is 0 Å². The molecule has 0 spiro atoms. The van der Waals surface area contributed by atoms with Crippen LogP contribution < -0.4 is 31.5 Å². The zero-order valence-electron chi connectivity index (χ0n) is 24.8. The van der Waals surface area contributed by atoms with E-state index in [0.29, 0.717) is 31.5 Å². The topological polar surface area (TPSA) is 250 Å². The summed E-state index contributed by atoms with van der Waals surface area (Å²) in [5.74, 6) is -3.54. The maximum Gasteiger partial charge on any atom is 0.350 e. The van der Waals surface area contributed by atoms with Gasteiger partial charge in [-0.05, 0) is 33.1 Å². The lowest BCUT2D eigenvalue weighted by molar-refractivity contribution is -0.768. The molecule has 0 unspecified atom stereocenters. The molecule has 0 radical (unpaired) electrons. The molecular formula is C26H32N10O8S2. The summed E-state index contributed by atoms with van der Waals surface area (Å²) < 4.78 is 7.90. The van der Waals surface area contributed by atoms with E-state index >= 15 is 0 Å². The van der Waals surface area contributed by atoms with Crippen LogP contribution >= 0.6 is 23.3 Å². The van der Waals surface area contributed by atoms with Crippen molar-refractivity contribution in [2.75, 3.05) is 29.9 Å². The number of β-lactam (4-membered cyclic amide) rings is 1. The monoisotopic (exact) mass is 676 g/mol. The van der Waals surface area contributed by atoms with Crippen LogP contribution in [-0.2, 0) is 48.3 Å². The van der Waals surface area contributed by atoms with Gasteiger partial charge in [-0.2, -0.15) is 9.36 Å². The molecule has 5 rings (SSSR count). The predicted molar refractivity (Wildman–Crippen MR) is 161 cm³/mol. The molecule has 1 saturated heterocycles. The largest absolute Gasteiger partial charge is 0.543 e. The van der Waals surface area contributed by atoms with Crippen molar-refractivity contribution >= 4 is 70.1 Å². The Bertz CT molecular complexity index is 1630. The number of carbonyl (C=O) groups is 5. The zero-order valence-corrected chi connectivity index (χ0v) is 26.5. The number of fused-ring (bicyclic) bond motifs is 2. The molecule has 6 N–H and O–H groups in total. The zero-order chi connectivity index (χ0) is 33.2. The number of nitrogen functional groups attached to an aromatic ring is 1. The number of carboxylic acids is 2. The van der Waals surface area contributed by atoms with Crippen LogP contribution in [0.3, 0.4) is 0 Å². The Morgan fingerprint density at radius 2 is 2.17 bits per heavy atom. The molecule has 3 aliphatic heterocycles. The number of hydrogen-bond donors (Lipinski definition) is 5. The van der Waals surface area contributed by atoms with Crippen LogP contribution in [0.25, 0.3) is 0 Å². The van der Waals surface area contributed by atoms with E-state index in [4.69, 9.17) is 10.6 Å². The highest BCUT2D eigenvalue weighted by atomic mass is 32.2. The van der Waals surface area contributed by atoms with Crippen LogP contribution in [0.15, 0.2) is 22.6 Å². The van der Waals surface area contributed by atoms with Crippen LogP contribution in [0.2, 0.25) is 0 Å². The first kappa shape index (κ1) is 32.7. The lowest BCUT2D eigenvalue weighted by atomic mass is 10.0. The van der Waals surface area contributed by atoms with Gasteiger partial charge in [0.05, 0.1) is 23.8 Å². The highest BCUT2D eigenvalue weighted by Crippen LogP contribution is 2.40. The minimum absolute atomic E-state index is 0.0120. The van der Waals surface area contributed by atoms with Gasteiger partial charge in [0.1, 0.15) is 11.4 Å². The van der Waals surface area contributed by atoms with E-state index in [-0.39, 0.29) is 29.0 Å². The summed E-state index contributed by atoms with van der Waals surface area (Å²) in [6.45, 7) is 4.67. The number of nitrogens with one attached hydrogen (secondary N) is 3. The highest BCUT2D eigenvalue weighted by Gasteiger charge is 2.53. The van der Waals surface area contributed by atoms with Gasteiger partial charge in [-0.3, -0.25) is 19.3 Å². The van der Waals surface area contributed by atoms with Gasteiger partial charge in [0.15, 0.2) is 17.5 Å². The van der Waals surface area contributed by atoms with E-state index in [9.17, 15) is 34.2 Å². The van der Waals surface area contributed by atoms with Crippen molar-refractivity contribution in [1.29, 1.82) is 0 Å². The fourth-order valence-corrected chi connectivity index (χ4v) is 6.92. The molecule has 3 aliphatic rings. The fourth-order valence-electron chi connectivity index (χ4n) is 5.15. The van der Waals surface area contributed by atoms with E-state index in [1.165, 1.54) is 25.6 Å². The molecule has 2 aromatic rings. The smallest absolute Gasteiger partial charge is 0.350 e. The van der Waals surface area contributed by atoms with Gasteiger partial charge in [0.25, 0.3) is 11.8 Å². The van der Waals surface area contributed by atoms with E-state index in [0.717, 1.165) is 47.2 Å². The molecule has 2 atom stereocenters. The van der Waals surface area contributed by atoms with Crippen LogP contribution in [0.4, 0.5) is 10.9 Å². The Morgan fingerprint density at radius 1 is 1.39 bits per heavy atom. The van der Waals surface area contributed by atoms with E-state index in [1.807, 2.05) is 15.6 Å². The summed E-state index contributed by atoms with van der Waals surface area (Å²) >= 11 is 2.05. The van der Waals surface area contributed by atoms with Crippen LogP contribution in [-0.4, -0.2) is 95.8 Å². The standard InChI is InChI=1S/C26H32N10O8S2/c1-26(2,24(42)43)44-32-15(18-31-25(27)46-33-18)20(38)30-16-21(39)36-17(23(40)41)14(11-45-22(16)36)10-34-9-13(5-3-6-28-12-37)19-29-7-4-8-35(19)34/h9,12,16,22H,3-8,10-11H2,1-2H3,(H6,27,28,30,31,33,37,38,40,41,42,43)/b32-15-/t16-,22-/m1/s1. The molecule has 18 nitrogen and oxygen atoms in total. The summed E-state index contributed by atoms with van der Waals surface area (Å²) in [6, 6.07) is -1.13. The number of nitrogens with zero attached hydrogens (tertiary/aromatic N) is 6. The minimum Gasteiger partial charge on any atom is -0.543 e. The van der Waals surface area contributed by atoms with Gasteiger partial charge in [-0.1, -0.05) is 5.16 Å². The van der Waals surface area contributed by atoms with Crippen molar-refractivity contribution < 1.29 is 43.7 Å². The Balaban J connectivity index is 1.35. The fraction of sp³-hybridized carbons (Fsp3) is 0.500. The number of carboxylic acid groups (broad SMARTS) is 2. The number of oxime groups is 1. The Labute approximate surface area is 270 Å². The summed E-state index contributed by atoms with van der Waals surface area (Å²) in [4.78, 5) is 71.2. The first-order chi connectivity index (χ1) is 21.9. The molecule has 0 saturated carbocycles. The summed E-state index contributed by atoms with van der Waals surface area (Å²) in [7, 11) is 0. The number of nitrogens with two attached hydrogens (primary N) is 1. The SMILES string of the molecule is CC(C)(O/N=C(\C(=O)N[C@@H]1C(=O)N2C(C(=O)[O-])=C(C[n+]3cc(CCCNC=O)c4n3CCCN4)CS[C@H]12)c1nsc(N)n1)C(=O)O. The summed E-state index contributed by atoms with van der Waals surface area (Å²) in [6.07, 6.45) is 4.88. The number of rotatable bonds is 14.